The summed E-state index contributed by atoms with van der Waals surface area (Å²) in [6.07, 6.45) is -4.14. The second-order valence-electron chi connectivity index (χ2n) is 6.95. The Balaban J connectivity index is 2.16. The minimum Gasteiger partial charge on any atom is -0.389 e. The van der Waals surface area contributed by atoms with Crippen LogP contribution in [0.4, 0.5) is 23.7 Å². The summed E-state index contributed by atoms with van der Waals surface area (Å²) in [5.41, 5.74) is -2.44. The number of alkyl halides is 3. The lowest BCUT2D eigenvalue weighted by atomic mass is 9.71. The molecule has 0 aromatic heterocycles. The van der Waals surface area contributed by atoms with Crippen molar-refractivity contribution in [3.05, 3.63) is 28.8 Å². The van der Waals surface area contributed by atoms with Crippen LogP contribution in [0.25, 0.3) is 0 Å². The standard InChI is InChI=1S/C16H20ClF3N2O2/c1-14(2)9-22(7-6-15(14,3)24)13(23)21-12-8-10(16(18,19)20)4-5-11(12)17/h4-5,8,24H,6-7,9H2,1-3H3,(H,21,23)/t15-/m1/s1. The van der Waals surface area contributed by atoms with Crippen molar-refractivity contribution in [1.29, 1.82) is 0 Å². The van der Waals surface area contributed by atoms with Gasteiger partial charge in [0.05, 0.1) is 21.9 Å². The summed E-state index contributed by atoms with van der Waals surface area (Å²) in [7, 11) is 0. The van der Waals surface area contributed by atoms with E-state index < -0.39 is 28.8 Å². The van der Waals surface area contributed by atoms with E-state index in [0.29, 0.717) is 13.0 Å². The van der Waals surface area contributed by atoms with Crippen LogP contribution < -0.4 is 5.32 Å². The van der Waals surface area contributed by atoms with Crippen LogP contribution in [0.15, 0.2) is 18.2 Å². The van der Waals surface area contributed by atoms with Gasteiger partial charge in [0.15, 0.2) is 0 Å². The first-order valence-electron chi connectivity index (χ1n) is 7.48. The number of anilines is 1. The topological polar surface area (TPSA) is 52.6 Å². The average molecular weight is 365 g/mol. The second kappa shape index (κ2) is 6.11. The first-order chi connectivity index (χ1) is 10.8. The van der Waals surface area contributed by atoms with Crippen LogP contribution in [0, 0.1) is 5.41 Å². The monoisotopic (exact) mass is 364 g/mol. The lowest BCUT2D eigenvalue weighted by molar-refractivity contribution is -0.137. The fraction of sp³-hybridized carbons (Fsp3) is 0.562. The van der Waals surface area contributed by atoms with Crippen molar-refractivity contribution in [3.8, 4) is 0 Å². The highest BCUT2D eigenvalue weighted by atomic mass is 35.5. The maximum absolute atomic E-state index is 12.8. The Hall–Kier alpha value is -1.47. The summed E-state index contributed by atoms with van der Waals surface area (Å²) >= 11 is 5.89. The van der Waals surface area contributed by atoms with E-state index in [0.717, 1.165) is 18.2 Å². The molecular formula is C16H20ClF3N2O2. The molecule has 0 bridgehead atoms. The maximum atomic E-state index is 12.8. The van der Waals surface area contributed by atoms with E-state index >= 15 is 0 Å². The van der Waals surface area contributed by atoms with E-state index in [1.807, 2.05) is 13.8 Å². The minimum absolute atomic E-state index is 0.0274. The van der Waals surface area contributed by atoms with E-state index in [4.69, 9.17) is 11.6 Å². The summed E-state index contributed by atoms with van der Waals surface area (Å²) in [4.78, 5) is 13.8. The summed E-state index contributed by atoms with van der Waals surface area (Å²) < 4.78 is 38.4. The number of nitrogens with zero attached hydrogens (tertiary/aromatic N) is 1. The fourth-order valence-electron chi connectivity index (χ4n) is 2.58. The van der Waals surface area contributed by atoms with Gasteiger partial charge in [0.2, 0.25) is 0 Å². The normalized spacial score (nSPS) is 23.9. The predicted octanol–water partition coefficient (Wildman–Crippen LogP) is 4.37. The Bertz CT molecular complexity index is 645. The molecule has 8 heteroatoms. The number of piperidine rings is 1. The number of urea groups is 1. The molecule has 1 fully saturated rings. The second-order valence-corrected chi connectivity index (χ2v) is 7.36. The smallest absolute Gasteiger partial charge is 0.389 e. The summed E-state index contributed by atoms with van der Waals surface area (Å²) in [5.74, 6) is 0. The third-order valence-corrected chi connectivity index (χ3v) is 5.06. The van der Waals surface area contributed by atoms with Crippen LogP contribution >= 0.6 is 11.6 Å². The van der Waals surface area contributed by atoms with Crippen molar-refractivity contribution >= 4 is 23.3 Å². The minimum atomic E-state index is -4.52. The molecule has 0 spiro atoms. The molecule has 1 aromatic carbocycles. The Labute approximate surface area is 143 Å². The van der Waals surface area contributed by atoms with Crippen LogP contribution in [-0.4, -0.2) is 34.7 Å². The number of amides is 2. The number of benzene rings is 1. The van der Waals surface area contributed by atoms with Gasteiger partial charge < -0.3 is 15.3 Å². The summed E-state index contributed by atoms with van der Waals surface area (Å²) in [5, 5.41) is 12.8. The molecule has 1 aliphatic heterocycles. The molecule has 134 valence electrons. The van der Waals surface area contributed by atoms with Crippen molar-refractivity contribution in [2.75, 3.05) is 18.4 Å². The maximum Gasteiger partial charge on any atom is 0.416 e. The van der Waals surface area contributed by atoms with Crippen molar-refractivity contribution in [2.24, 2.45) is 5.41 Å². The van der Waals surface area contributed by atoms with Crippen molar-refractivity contribution in [3.63, 3.8) is 0 Å². The van der Waals surface area contributed by atoms with Crippen molar-refractivity contribution < 1.29 is 23.1 Å². The zero-order valence-electron chi connectivity index (χ0n) is 13.7. The highest BCUT2D eigenvalue weighted by molar-refractivity contribution is 6.33. The number of rotatable bonds is 1. The highest BCUT2D eigenvalue weighted by Gasteiger charge is 2.45. The lowest BCUT2D eigenvalue weighted by Gasteiger charge is -2.48. The SMILES string of the molecule is CC1(C)CN(C(=O)Nc2cc(C(F)(F)F)ccc2Cl)CC[C@@]1(C)O. The van der Waals surface area contributed by atoms with Crippen molar-refractivity contribution in [2.45, 2.75) is 39.0 Å². The third kappa shape index (κ3) is 3.78. The molecule has 1 aliphatic rings. The van der Waals surface area contributed by atoms with Crippen molar-refractivity contribution in [1.82, 2.24) is 4.90 Å². The van der Waals surface area contributed by atoms with Crippen LogP contribution in [0.2, 0.25) is 5.02 Å². The number of aliphatic hydroxyl groups is 1. The number of carbonyl (C=O) groups excluding carboxylic acids is 1. The van der Waals surface area contributed by atoms with Gasteiger partial charge in [0.1, 0.15) is 0 Å². The molecule has 4 nitrogen and oxygen atoms in total. The van der Waals surface area contributed by atoms with Gasteiger partial charge in [-0.05, 0) is 31.5 Å². The Morgan fingerprint density at radius 2 is 1.96 bits per heavy atom. The average Bonchev–Trinajstić information content (AvgIpc) is 2.43. The highest BCUT2D eigenvalue weighted by Crippen LogP contribution is 2.39. The molecule has 1 saturated heterocycles. The van der Waals surface area contributed by atoms with Gasteiger partial charge >= 0.3 is 12.2 Å². The quantitative estimate of drug-likeness (QED) is 0.777. The van der Waals surface area contributed by atoms with Crippen LogP contribution in [0.5, 0.6) is 0 Å². The van der Waals surface area contributed by atoms with E-state index in [9.17, 15) is 23.1 Å². The van der Waals surface area contributed by atoms with E-state index in [-0.39, 0.29) is 17.3 Å². The number of hydrogen-bond acceptors (Lipinski definition) is 2. The third-order valence-electron chi connectivity index (χ3n) is 4.74. The van der Waals surface area contributed by atoms with Crippen LogP contribution in [0.1, 0.15) is 32.8 Å². The van der Waals surface area contributed by atoms with Gasteiger partial charge in [0.25, 0.3) is 0 Å². The Morgan fingerprint density at radius 1 is 1.33 bits per heavy atom. The summed E-state index contributed by atoms with van der Waals surface area (Å²) in [6, 6.07) is 2.23. The van der Waals surface area contributed by atoms with E-state index in [1.165, 1.54) is 4.90 Å². The Kier molecular flexibility index (Phi) is 4.80. The predicted molar refractivity (Wildman–Crippen MR) is 86.1 cm³/mol. The van der Waals surface area contributed by atoms with Gasteiger partial charge in [-0.3, -0.25) is 0 Å². The molecule has 0 saturated carbocycles. The molecule has 1 aromatic rings. The molecule has 0 radical (unpaired) electrons. The van der Waals surface area contributed by atoms with Crippen LogP contribution in [0.3, 0.4) is 0 Å². The van der Waals surface area contributed by atoms with Gasteiger partial charge in [-0.15, -0.1) is 0 Å². The zero-order chi connectivity index (χ0) is 18.3. The molecule has 24 heavy (non-hydrogen) atoms. The molecule has 1 atom stereocenters. The largest absolute Gasteiger partial charge is 0.416 e. The number of carbonyl (C=O) groups is 1. The molecule has 0 unspecified atom stereocenters. The lowest BCUT2D eigenvalue weighted by Crippen LogP contribution is -2.57. The van der Waals surface area contributed by atoms with Gasteiger partial charge in [-0.25, -0.2) is 4.79 Å². The molecular weight excluding hydrogens is 345 g/mol. The molecule has 2 N–H and O–H groups in total. The van der Waals surface area contributed by atoms with E-state index in [2.05, 4.69) is 5.32 Å². The fourth-order valence-corrected chi connectivity index (χ4v) is 2.75. The Morgan fingerprint density at radius 3 is 2.50 bits per heavy atom. The molecule has 2 amide bonds. The molecule has 2 rings (SSSR count). The van der Waals surface area contributed by atoms with Gasteiger partial charge in [-0.1, -0.05) is 25.4 Å². The van der Waals surface area contributed by atoms with Gasteiger partial charge in [0, 0.05) is 18.5 Å². The molecule has 1 heterocycles. The molecule has 0 aliphatic carbocycles. The number of likely N-dealkylation sites (tertiary alicyclic amines) is 1. The first kappa shape index (κ1) is 18.9. The number of nitrogens with one attached hydrogen (secondary N) is 1. The zero-order valence-corrected chi connectivity index (χ0v) is 14.4. The summed E-state index contributed by atoms with van der Waals surface area (Å²) in [6.45, 7) is 5.97. The van der Waals surface area contributed by atoms with E-state index in [1.54, 1.807) is 6.92 Å². The number of hydrogen-bond donors (Lipinski definition) is 2. The number of halogens is 4. The van der Waals surface area contributed by atoms with Crippen LogP contribution in [-0.2, 0) is 6.18 Å². The van der Waals surface area contributed by atoms with Gasteiger partial charge in [-0.2, -0.15) is 13.2 Å². The first-order valence-corrected chi connectivity index (χ1v) is 7.86.